The number of hydrogen-bond donors (Lipinski definition) is 0. The van der Waals surface area contributed by atoms with Crippen LogP contribution < -0.4 is 0 Å². The van der Waals surface area contributed by atoms with E-state index < -0.39 is 0 Å². The highest BCUT2D eigenvalue weighted by molar-refractivity contribution is 4.68. The normalized spacial score (nSPS) is 25.7. The maximum Gasteiger partial charge on any atom is 0.101 e. The molecule has 0 spiro atoms. The van der Waals surface area contributed by atoms with Crippen LogP contribution in [0.1, 0.15) is 46.0 Å². The largest absolute Gasteiger partial charge is 0.204 e. The van der Waals surface area contributed by atoms with Gasteiger partial charge in [0.15, 0.2) is 0 Å². The first-order chi connectivity index (χ1) is 6.88. The van der Waals surface area contributed by atoms with Crippen LogP contribution in [-0.4, -0.2) is 12.7 Å². The van der Waals surface area contributed by atoms with Gasteiger partial charge in [-0.2, -0.15) is 0 Å². The van der Waals surface area contributed by atoms with Gasteiger partial charge < -0.3 is 0 Å². The monoisotopic (exact) mass is 204 g/mol. The summed E-state index contributed by atoms with van der Waals surface area (Å²) < 4.78 is 0. The average Bonchev–Trinajstić information content (AvgIpc) is 2.48. The van der Waals surface area contributed by atoms with Gasteiger partial charge in [-0.05, 0) is 22.4 Å². The summed E-state index contributed by atoms with van der Waals surface area (Å²) in [5, 5.41) is 8.75. The molecule has 0 amide bonds. The molecular weight excluding hydrogens is 184 g/mol. The van der Waals surface area contributed by atoms with Crippen LogP contribution in [-0.2, 0) is 19.9 Å². The minimum atomic E-state index is 0.106. The molecule has 4 heteroatoms. The van der Waals surface area contributed by atoms with Crippen molar-refractivity contribution in [1.29, 1.82) is 0 Å². The molecule has 1 saturated heterocycles. The van der Waals surface area contributed by atoms with Gasteiger partial charge in [0.2, 0.25) is 0 Å². The molecule has 0 bridgehead atoms. The number of hydrogen-bond acceptors (Lipinski definition) is 4. The van der Waals surface area contributed by atoms with Crippen LogP contribution in [0.5, 0.6) is 0 Å². The van der Waals surface area contributed by atoms with Gasteiger partial charge in [0.05, 0.1) is 6.61 Å². The fraction of sp³-hybridized carbons (Fsp3) is 1.00. The smallest absolute Gasteiger partial charge is 0.101 e. The second kappa shape index (κ2) is 7.17. The van der Waals surface area contributed by atoms with Gasteiger partial charge in [0, 0.05) is 6.42 Å². The lowest BCUT2D eigenvalue weighted by Crippen LogP contribution is -2.23. The van der Waals surface area contributed by atoms with E-state index in [1.807, 2.05) is 0 Å². The first-order valence-corrected chi connectivity index (χ1v) is 5.50. The minimum absolute atomic E-state index is 0.106. The van der Waals surface area contributed by atoms with Gasteiger partial charge in [-0.25, -0.2) is 9.78 Å². The van der Waals surface area contributed by atoms with E-state index in [2.05, 4.69) is 28.8 Å². The fourth-order valence-corrected chi connectivity index (χ4v) is 1.77. The Labute approximate surface area is 85.3 Å². The van der Waals surface area contributed by atoms with E-state index in [0.29, 0.717) is 12.5 Å². The topological polar surface area (TPSA) is 36.9 Å². The van der Waals surface area contributed by atoms with Gasteiger partial charge in [0.25, 0.3) is 0 Å². The molecule has 0 aromatic rings. The zero-order chi connectivity index (χ0) is 10.2. The Morgan fingerprint density at radius 3 is 2.86 bits per heavy atom. The van der Waals surface area contributed by atoms with Crippen molar-refractivity contribution in [3.05, 3.63) is 0 Å². The second-order valence-electron chi connectivity index (χ2n) is 3.69. The highest BCUT2D eigenvalue weighted by Crippen LogP contribution is 2.23. The van der Waals surface area contributed by atoms with Crippen molar-refractivity contribution in [2.24, 2.45) is 5.92 Å². The van der Waals surface area contributed by atoms with Gasteiger partial charge in [-0.1, -0.05) is 33.1 Å². The van der Waals surface area contributed by atoms with Gasteiger partial charge >= 0.3 is 0 Å². The summed E-state index contributed by atoms with van der Waals surface area (Å²) in [4.78, 5) is 9.78. The van der Waals surface area contributed by atoms with Crippen LogP contribution in [0.25, 0.3) is 0 Å². The van der Waals surface area contributed by atoms with Crippen molar-refractivity contribution in [3.8, 4) is 0 Å². The van der Waals surface area contributed by atoms with Crippen molar-refractivity contribution < 1.29 is 19.9 Å². The van der Waals surface area contributed by atoms with Crippen molar-refractivity contribution in [1.82, 2.24) is 0 Å². The Bertz CT molecular complexity index is 132. The Morgan fingerprint density at radius 1 is 1.29 bits per heavy atom. The highest BCUT2D eigenvalue weighted by Gasteiger charge is 2.24. The van der Waals surface area contributed by atoms with E-state index >= 15 is 0 Å². The lowest BCUT2D eigenvalue weighted by Gasteiger charge is -2.21. The maximum absolute atomic E-state index is 5.11. The molecule has 1 fully saturated rings. The summed E-state index contributed by atoms with van der Waals surface area (Å²) >= 11 is 0. The summed E-state index contributed by atoms with van der Waals surface area (Å²) in [7, 11) is 0. The van der Waals surface area contributed by atoms with Gasteiger partial charge in [0.1, 0.15) is 6.10 Å². The summed E-state index contributed by atoms with van der Waals surface area (Å²) in [5.41, 5.74) is 0. The van der Waals surface area contributed by atoms with Crippen molar-refractivity contribution >= 4 is 0 Å². The fourth-order valence-electron chi connectivity index (χ4n) is 1.77. The molecule has 4 nitrogen and oxygen atoms in total. The summed E-state index contributed by atoms with van der Waals surface area (Å²) in [5.74, 6) is 0.542. The van der Waals surface area contributed by atoms with Crippen molar-refractivity contribution in [2.75, 3.05) is 6.61 Å². The van der Waals surface area contributed by atoms with Crippen LogP contribution >= 0.6 is 0 Å². The van der Waals surface area contributed by atoms with Crippen LogP contribution in [0.3, 0.4) is 0 Å². The van der Waals surface area contributed by atoms with E-state index in [4.69, 9.17) is 4.89 Å². The molecule has 2 atom stereocenters. The van der Waals surface area contributed by atoms with Crippen molar-refractivity contribution in [2.45, 2.75) is 52.1 Å². The summed E-state index contributed by atoms with van der Waals surface area (Å²) in [6, 6.07) is 0. The van der Waals surface area contributed by atoms with Gasteiger partial charge in [-0.3, -0.25) is 0 Å². The van der Waals surface area contributed by atoms with E-state index in [-0.39, 0.29) is 6.10 Å². The van der Waals surface area contributed by atoms with E-state index in [0.717, 1.165) is 12.8 Å². The molecule has 1 aliphatic heterocycles. The molecule has 84 valence electrons. The van der Waals surface area contributed by atoms with E-state index in [9.17, 15) is 0 Å². The summed E-state index contributed by atoms with van der Waals surface area (Å²) in [6.07, 6.45) is 5.68. The van der Waals surface area contributed by atoms with Gasteiger partial charge in [-0.15, -0.1) is 0 Å². The lowest BCUT2D eigenvalue weighted by molar-refractivity contribution is -0.630. The molecule has 14 heavy (non-hydrogen) atoms. The number of unbranched alkanes of at least 4 members (excludes halogenated alkanes) is 1. The molecule has 1 heterocycles. The van der Waals surface area contributed by atoms with Crippen LogP contribution in [0.4, 0.5) is 0 Å². The average molecular weight is 204 g/mol. The molecule has 1 rings (SSSR count). The third kappa shape index (κ3) is 3.92. The molecular formula is C10H20O4. The third-order valence-electron chi connectivity index (χ3n) is 2.70. The molecule has 0 aromatic heterocycles. The SMILES string of the molecule is CCCCC(CC)C1CCOOOO1. The van der Waals surface area contributed by atoms with Crippen LogP contribution in [0, 0.1) is 5.92 Å². The highest BCUT2D eigenvalue weighted by atomic mass is 17.7. The predicted molar refractivity (Wildman–Crippen MR) is 50.9 cm³/mol. The quantitative estimate of drug-likeness (QED) is 0.645. The van der Waals surface area contributed by atoms with Crippen LogP contribution in [0.2, 0.25) is 0 Å². The molecule has 0 saturated carbocycles. The summed E-state index contributed by atoms with van der Waals surface area (Å²) in [6.45, 7) is 4.91. The molecule has 2 unspecified atom stereocenters. The molecule has 0 N–H and O–H groups in total. The molecule has 0 radical (unpaired) electrons. The Kier molecular flexibility index (Phi) is 6.10. The lowest BCUT2D eigenvalue weighted by atomic mass is 9.92. The molecule has 0 aliphatic carbocycles. The zero-order valence-corrected chi connectivity index (χ0v) is 9.03. The maximum atomic E-state index is 5.11. The number of rotatable bonds is 5. The predicted octanol–water partition coefficient (Wildman–Crippen LogP) is 2.79. The molecule has 1 aliphatic rings. The zero-order valence-electron chi connectivity index (χ0n) is 9.03. The van der Waals surface area contributed by atoms with E-state index in [1.54, 1.807) is 0 Å². The Morgan fingerprint density at radius 2 is 2.14 bits per heavy atom. The second-order valence-corrected chi connectivity index (χ2v) is 3.69. The van der Waals surface area contributed by atoms with Crippen molar-refractivity contribution in [3.63, 3.8) is 0 Å². The minimum Gasteiger partial charge on any atom is -0.204 e. The van der Waals surface area contributed by atoms with Crippen LogP contribution in [0.15, 0.2) is 0 Å². The Balaban J connectivity index is 2.32. The standard InChI is InChI=1S/C10H20O4/c1-3-5-6-9(4-2)10-7-8-11-13-14-12-10/h9-10H,3-8H2,1-2H3. The Hall–Kier alpha value is -0.160. The van der Waals surface area contributed by atoms with E-state index in [1.165, 1.54) is 19.3 Å². The third-order valence-corrected chi connectivity index (χ3v) is 2.70. The first-order valence-electron chi connectivity index (χ1n) is 5.50. The molecule has 0 aromatic carbocycles. The first kappa shape index (κ1) is 11.9.